The number of hydrogen-bond acceptors (Lipinski definition) is 5. The standard InChI is InChI=1S/C16H23N3O2/c1-5-20-14(16(2,3)4)15-18-13(21-19-15)10-11-8-6-7-9-12(11)17/h6-9,14H,5,10,17H2,1-4H3. The fourth-order valence-corrected chi connectivity index (χ4v) is 2.18. The van der Waals surface area contributed by atoms with Crippen LogP contribution >= 0.6 is 0 Å². The lowest BCUT2D eigenvalue weighted by molar-refractivity contribution is -0.0203. The van der Waals surface area contributed by atoms with Gasteiger partial charge in [0.05, 0.1) is 6.42 Å². The lowest BCUT2D eigenvalue weighted by Gasteiger charge is -2.27. The smallest absolute Gasteiger partial charge is 0.231 e. The van der Waals surface area contributed by atoms with Gasteiger partial charge in [0.2, 0.25) is 11.7 Å². The summed E-state index contributed by atoms with van der Waals surface area (Å²) in [6.45, 7) is 8.86. The molecule has 0 radical (unpaired) electrons. The van der Waals surface area contributed by atoms with Crippen LogP contribution in [0.5, 0.6) is 0 Å². The van der Waals surface area contributed by atoms with Gasteiger partial charge in [0.25, 0.3) is 0 Å². The second-order valence-corrected chi connectivity index (χ2v) is 6.12. The molecule has 0 saturated heterocycles. The van der Waals surface area contributed by atoms with Gasteiger partial charge >= 0.3 is 0 Å². The van der Waals surface area contributed by atoms with Crippen LogP contribution in [0.25, 0.3) is 0 Å². The normalized spacial score (nSPS) is 13.3. The van der Waals surface area contributed by atoms with Crippen LogP contribution in [-0.2, 0) is 11.2 Å². The van der Waals surface area contributed by atoms with Crippen LogP contribution in [0.4, 0.5) is 5.69 Å². The minimum Gasteiger partial charge on any atom is -0.398 e. The van der Waals surface area contributed by atoms with Crippen molar-refractivity contribution in [3.05, 3.63) is 41.5 Å². The lowest BCUT2D eigenvalue weighted by Crippen LogP contribution is -2.22. The topological polar surface area (TPSA) is 74.2 Å². The highest BCUT2D eigenvalue weighted by molar-refractivity contribution is 5.47. The van der Waals surface area contributed by atoms with Gasteiger partial charge in [0.1, 0.15) is 6.10 Å². The molecule has 114 valence electrons. The Hall–Kier alpha value is -1.88. The number of aromatic nitrogens is 2. The fraction of sp³-hybridized carbons (Fsp3) is 0.500. The van der Waals surface area contributed by atoms with Crippen molar-refractivity contribution in [1.82, 2.24) is 10.1 Å². The van der Waals surface area contributed by atoms with E-state index in [1.165, 1.54) is 0 Å². The molecule has 2 aromatic rings. The van der Waals surface area contributed by atoms with Gasteiger partial charge in [-0.2, -0.15) is 4.98 Å². The van der Waals surface area contributed by atoms with Gasteiger partial charge in [0, 0.05) is 12.3 Å². The van der Waals surface area contributed by atoms with E-state index in [0.717, 1.165) is 11.3 Å². The molecule has 0 amide bonds. The van der Waals surface area contributed by atoms with E-state index in [1.807, 2.05) is 31.2 Å². The molecule has 5 nitrogen and oxygen atoms in total. The number of hydrogen-bond donors (Lipinski definition) is 1. The second kappa shape index (κ2) is 6.26. The molecule has 1 unspecified atom stereocenters. The number of nitrogens with zero attached hydrogens (tertiary/aromatic N) is 2. The van der Waals surface area contributed by atoms with Crippen molar-refractivity contribution in [1.29, 1.82) is 0 Å². The molecule has 1 aromatic heterocycles. The summed E-state index contributed by atoms with van der Waals surface area (Å²) in [6.07, 6.45) is 0.343. The maximum absolute atomic E-state index is 5.94. The van der Waals surface area contributed by atoms with E-state index < -0.39 is 0 Å². The van der Waals surface area contributed by atoms with Gasteiger partial charge in [-0.1, -0.05) is 44.1 Å². The molecule has 2 N–H and O–H groups in total. The van der Waals surface area contributed by atoms with Crippen molar-refractivity contribution in [2.45, 2.75) is 40.2 Å². The van der Waals surface area contributed by atoms with Crippen LogP contribution in [0.1, 0.15) is 51.1 Å². The Morgan fingerprint density at radius 3 is 2.62 bits per heavy atom. The van der Waals surface area contributed by atoms with Crippen molar-refractivity contribution in [2.75, 3.05) is 12.3 Å². The Balaban J connectivity index is 2.19. The third-order valence-corrected chi connectivity index (χ3v) is 3.23. The van der Waals surface area contributed by atoms with Crippen LogP contribution in [0, 0.1) is 5.41 Å². The van der Waals surface area contributed by atoms with E-state index in [2.05, 4.69) is 30.9 Å². The summed E-state index contributed by atoms with van der Waals surface area (Å²) in [6, 6.07) is 7.68. The highest BCUT2D eigenvalue weighted by atomic mass is 16.5. The van der Waals surface area contributed by atoms with Crippen molar-refractivity contribution in [3.8, 4) is 0 Å². The summed E-state index contributed by atoms with van der Waals surface area (Å²) in [7, 11) is 0. The Kier molecular flexibility index (Phi) is 4.63. The molecule has 0 fully saturated rings. The summed E-state index contributed by atoms with van der Waals surface area (Å²) in [5.41, 5.74) is 7.56. The summed E-state index contributed by atoms with van der Waals surface area (Å²) in [5.74, 6) is 1.14. The van der Waals surface area contributed by atoms with Crippen LogP contribution in [0.3, 0.4) is 0 Å². The van der Waals surface area contributed by atoms with Crippen molar-refractivity contribution in [2.24, 2.45) is 5.41 Å². The molecule has 0 bridgehead atoms. The summed E-state index contributed by atoms with van der Waals surface area (Å²) >= 11 is 0. The predicted octanol–water partition coefficient (Wildman–Crippen LogP) is 3.37. The summed E-state index contributed by atoms with van der Waals surface area (Å²) in [4.78, 5) is 4.47. The molecule has 0 aliphatic rings. The number of nitrogen functional groups attached to an aromatic ring is 1. The molecule has 1 aromatic carbocycles. The lowest BCUT2D eigenvalue weighted by atomic mass is 9.88. The van der Waals surface area contributed by atoms with E-state index in [4.69, 9.17) is 15.0 Å². The average Bonchev–Trinajstić information content (AvgIpc) is 2.85. The van der Waals surface area contributed by atoms with Crippen molar-refractivity contribution < 1.29 is 9.26 Å². The minimum absolute atomic E-state index is 0.0943. The molecule has 0 spiro atoms. The zero-order valence-electron chi connectivity index (χ0n) is 13.1. The minimum atomic E-state index is -0.187. The number of ether oxygens (including phenoxy) is 1. The molecule has 21 heavy (non-hydrogen) atoms. The van der Waals surface area contributed by atoms with Crippen molar-refractivity contribution >= 4 is 5.69 Å². The van der Waals surface area contributed by atoms with Crippen LogP contribution < -0.4 is 5.73 Å². The van der Waals surface area contributed by atoms with Gasteiger partial charge < -0.3 is 15.0 Å². The van der Waals surface area contributed by atoms with Gasteiger partial charge in [-0.15, -0.1) is 0 Å². The maximum Gasteiger partial charge on any atom is 0.231 e. The Morgan fingerprint density at radius 2 is 2.00 bits per heavy atom. The van der Waals surface area contributed by atoms with Gasteiger partial charge in [-0.25, -0.2) is 0 Å². The fourth-order valence-electron chi connectivity index (χ4n) is 2.18. The number of rotatable bonds is 5. The Bertz CT molecular complexity index is 587. The van der Waals surface area contributed by atoms with Crippen LogP contribution in [0.15, 0.2) is 28.8 Å². The largest absolute Gasteiger partial charge is 0.398 e. The van der Waals surface area contributed by atoms with E-state index in [0.29, 0.717) is 24.7 Å². The number of benzene rings is 1. The number of nitrogens with two attached hydrogens (primary N) is 1. The van der Waals surface area contributed by atoms with Crippen LogP contribution in [0.2, 0.25) is 0 Å². The molecular weight excluding hydrogens is 266 g/mol. The molecule has 0 aliphatic carbocycles. The first kappa shape index (κ1) is 15.5. The zero-order chi connectivity index (χ0) is 15.5. The first-order valence-electron chi connectivity index (χ1n) is 7.19. The van der Waals surface area contributed by atoms with E-state index in [-0.39, 0.29) is 11.5 Å². The summed E-state index contributed by atoms with van der Waals surface area (Å²) < 4.78 is 11.1. The third-order valence-electron chi connectivity index (χ3n) is 3.23. The SMILES string of the molecule is CCOC(c1noc(Cc2ccccc2N)n1)C(C)(C)C. The predicted molar refractivity (Wildman–Crippen MR) is 81.8 cm³/mol. The maximum atomic E-state index is 5.94. The van der Waals surface area contributed by atoms with Crippen molar-refractivity contribution in [3.63, 3.8) is 0 Å². The number of para-hydroxylation sites is 1. The molecular formula is C16H23N3O2. The molecule has 1 heterocycles. The van der Waals surface area contributed by atoms with Gasteiger partial charge in [0.15, 0.2) is 0 Å². The van der Waals surface area contributed by atoms with E-state index in [1.54, 1.807) is 0 Å². The zero-order valence-corrected chi connectivity index (χ0v) is 13.1. The number of anilines is 1. The molecule has 0 saturated carbocycles. The van der Waals surface area contributed by atoms with Gasteiger partial charge in [-0.3, -0.25) is 0 Å². The monoisotopic (exact) mass is 289 g/mol. The Morgan fingerprint density at radius 1 is 1.29 bits per heavy atom. The highest BCUT2D eigenvalue weighted by Gasteiger charge is 2.31. The van der Waals surface area contributed by atoms with Gasteiger partial charge in [-0.05, 0) is 24.0 Å². The molecule has 1 atom stereocenters. The first-order valence-corrected chi connectivity index (χ1v) is 7.19. The first-order chi connectivity index (χ1) is 9.91. The second-order valence-electron chi connectivity index (χ2n) is 6.12. The highest BCUT2D eigenvalue weighted by Crippen LogP contribution is 2.34. The third kappa shape index (κ3) is 3.82. The average molecular weight is 289 g/mol. The molecule has 5 heteroatoms. The molecule has 2 rings (SSSR count). The van der Waals surface area contributed by atoms with Crippen LogP contribution in [-0.4, -0.2) is 16.7 Å². The molecule has 0 aliphatic heterocycles. The van der Waals surface area contributed by atoms with E-state index in [9.17, 15) is 0 Å². The van der Waals surface area contributed by atoms with E-state index >= 15 is 0 Å². The Labute approximate surface area is 125 Å². The quantitative estimate of drug-likeness (QED) is 0.854. The summed E-state index contributed by atoms with van der Waals surface area (Å²) in [5, 5.41) is 4.08.